The average Bonchev–Trinajstić information content (AvgIpc) is 2.76. The van der Waals surface area contributed by atoms with E-state index < -0.39 is 0 Å². The van der Waals surface area contributed by atoms with Crippen LogP contribution in [0.4, 0.5) is 0 Å². The number of nitrogens with one attached hydrogen (secondary N) is 1. The van der Waals surface area contributed by atoms with Crippen LogP contribution >= 0.6 is 22.9 Å². The molecule has 0 spiro atoms. The van der Waals surface area contributed by atoms with Gasteiger partial charge in [0.1, 0.15) is 0 Å². The standard InChI is InChI=1S/C13H15ClN2S/c14-13-5-4-12(17-13)7-10-15-9-6-11-3-1-2-8-16-11/h1-5,8,15H,6-7,9-10H2. The third kappa shape index (κ3) is 4.46. The Morgan fingerprint density at radius 2 is 2.00 bits per heavy atom. The monoisotopic (exact) mass is 266 g/mol. The molecule has 0 unspecified atom stereocenters. The van der Waals surface area contributed by atoms with Gasteiger partial charge in [-0.15, -0.1) is 11.3 Å². The van der Waals surface area contributed by atoms with E-state index in [1.165, 1.54) is 4.88 Å². The molecule has 0 radical (unpaired) electrons. The predicted molar refractivity (Wildman–Crippen MR) is 73.8 cm³/mol. The normalized spacial score (nSPS) is 10.6. The Bertz CT molecular complexity index is 442. The van der Waals surface area contributed by atoms with Gasteiger partial charge < -0.3 is 5.32 Å². The van der Waals surface area contributed by atoms with Crippen molar-refractivity contribution >= 4 is 22.9 Å². The summed E-state index contributed by atoms with van der Waals surface area (Å²) in [5.41, 5.74) is 1.14. The summed E-state index contributed by atoms with van der Waals surface area (Å²) in [6, 6.07) is 10.1. The highest BCUT2D eigenvalue weighted by Crippen LogP contribution is 2.21. The fourth-order valence-corrected chi connectivity index (χ4v) is 2.67. The number of hydrogen-bond donors (Lipinski definition) is 1. The van der Waals surface area contributed by atoms with Gasteiger partial charge in [0.05, 0.1) is 4.34 Å². The van der Waals surface area contributed by atoms with Gasteiger partial charge in [-0.2, -0.15) is 0 Å². The van der Waals surface area contributed by atoms with E-state index in [0.717, 1.165) is 36.0 Å². The van der Waals surface area contributed by atoms with E-state index in [4.69, 9.17) is 11.6 Å². The van der Waals surface area contributed by atoms with E-state index in [1.807, 2.05) is 24.4 Å². The summed E-state index contributed by atoms with van der Waals surface area (Å²) in [5, 5.41) is 3.42. The van der Waals surface area contributed by atoms with E-state index in [0.29, 0.717) is 0 Å². The summed E-state index contributed by atoms with van der Waals surface area (Å²) in [6.07, 6.45) is 3.86. The van der Waals surface area contributed by atoms with Gasteiger partial charge in [0.2, 0.25) is 0 Å². The van der Waals surface area contributed by atoms with E-state index in [2.05, 4.69) is 22.4 Å². The minimum atomic E-state index is 0.869. The average molecular weight is 267 g/mol. The molecule has 90 valence electrons. The van der Waals surface area contributed by atoms with Gasteiger partial charge in [-0.3, -0.25) is 4.98 Å². The molecule has 0 fully saturated rings. The van der Waals surface area contributed by atoms with Crippen LogP contribution in [0, 0.1) is 0 Å². The zero-order valence-electron chi connectivity index (χ0n) is 9.53. The van der Waals surface area contributed by atoms with Crippen molar-refractivity contribution in [3.63, 3.8) is 0 Å². The molecule has 0 aliphatic heterocycles. The van der Waals surface area contributed by atoms with Gasteiger partial charge >= 0.3 is 0 Å². The zero-order valence-corrected chi connectivity index (χ0v) is 11.1. The molecule has 4 heteroatoms. The number of halogens is 1. The molecule has 0 amide bonds. The molecule has 0 aromatic carbocycles. The maximum Gasteiger partial charge on any atom is 0.0931 e. The lowest BCUT2D eigenvalue weighted by molar-refractivity contribution is 0.678. The van der Waals surface area contributed by atoms with Crippen LogP contribution in [0.25, 0.3) is 0 Å². The second-order valence-corrected chi connectivity index (χ2v) is 5.58. The molecule has 0 saturated heterocycles. The molecule has 2 heterocycles. The smallest absolute Gasteiger partial charge is 0.0931 e. The van der Waals surface area contributed by atoms with Crippen LogP contribution in [0.1, 0.15) is 10.6 Å². The summed E-state index contributed by atoms with van der Waals surface area (Å²) < 4.78 is 0.869. The van der Waals surface area contributed by atoms with Crippen LogP contribution < -0.4 is 5.32 Å². The number of rotatable bonds is 6. The van der Waals surface area contributed by atoms with Gasteiger partial charge in [0.15, 0.2) is 0 Å². The minimum Gasteiger partial charge on any atom is -0.316 e. The van der Waals surface area contributed by atoms with Crippen LogP contribution in [0.3, 0.4) is 0 Å². The number of hydrogen-bond acceptors (Lipinski definition) is 3. The molecule has 0 aliphatic carbocycles. The predicted octanol–water partition coefficient (Wildman–Crippen LogP) is 3.17. The lowest BCUT2D eigenvalue weighted by Gasteiger charge is -2.03. The van der Waals surface area contributed by atoms with E-state index in [1.54, 1.807) is 11.3 Å². The van der Waals surface area contributed by atoms with Gasteiger partial charge in [0, 0.05) is 29.7 Å². The quantitative estimate of drug-likeness (QED) is 0.813. The Labute approximate surface area is 111 Å². The van der Waals surface area contributed by atoms with Crippen molar-refractivity contribution in [2.75, 3.05) is 13.1 Å². The van der Waals surface area contributed by atoms with Crippen molar-refractivity contribution in [2.24, 2.45) is 0 Å². The fraction of sp³-hybridized carbons (Fsp3) is 0.308. The molecule has 17 heavy (non-hydrogen) atoms. The van der Waals surface area contributed by atoms with Crippen LogP contribution in [-0.2, 0) is 12.8 Å². The lowest BCUT2D eigenvalue weighted by Crippen LogP contribution is -2.20. The Morgan fingerprint density at radius 1 is 1.12 bits per heavy atom. The number of nitrogens with zero attached hydrogens (tertiary/aromatic N) is 1. The first kappa shape index (κ1) is 12.6. The topological polar surface area (TPSA) is 24.9 Å². The van der Waals surface area contributed by atoms with E-state index in [-0.39, 0.29) is 0 Å². The molecule has 2 aromatic rings. The Balaban J connectivity index is 1.61. The Kier molecular flexibility index (Phi) is 4.98. The van der Waals surface area contributed by atoms with Crippen LogP contribution in [0.5, 0.6) is 0 Å². The van der Waals surface area contributed by atoms with E-state index in [9.17, 15) is 0 Å². The number of thiophene rings is 1. The highest BCUT2D eigenvalue weighted by Gasteiger charge is 1.97. The molecule has 2 rings (SSSR count). The molecule has 0 saturated carbocycles. The molecule has 0 bridgehead atoms. The molecule has 2 aromatic heterocycles. The minimum absolute atomic E-state index is 0.869. The summed E-state index contributed by atoms with van der Waals surface area (Å²) in [4.78, 5) is 5.62. The van der Waals surface area contributed by atoms with Gasteiger partial charge in [-0.1, -0.05) is 17.7 Å². The summed E-state index contributed by atoms with van der Waals surface area (Å²) in [6.45, 7) is 1.96. The summed E-state index contributed by atoms with van der Waals surface area (Å²) in [5.74, 6) is 0. The van der Waals surface area contributed by atoms with Crippen LogP contribution in [-0.4, -0.2) is 18.1 Å². The highest BCUT2D eigenvalue weighted by atomic mass is 35.5. The Morgan fingerprint density at radius 3 is 2.71 bits per heavy atom. The second-order valence-electron chi connectivity index (χ2n) is 3.78. The SMILES string of the molecule is Clc1ccc(CCNCCc2ccccn2)s1. The highest BCUT2D eigenvalue weighted by molar-refractivity contribution is 7.16. The van der Waals surface area contributed by atoms with E-state index >= 15 is 0 Å². The summed E-state index contributed by atoms with van der Waals surface area (Å²) >= 11 is 7.53. The third-order valence-corrected chi connectivity index (χ3v) is 3.75. The van der Waals surface area contributed by atoms with Crippen molar-refractivity contribution in [1.29, 1.82) is 0 Å². The van der Waals surface area contributed by atoms with Crippen molar-refractivity contribution in [3.05, 3.63) is 51.4 Å². The maximum atomic E-state index is 5.87. The van der Waals surface area contributed by atoms with Crippen LogP contribution in [0.2, 0.25) is 4.34 Å². The van der Waals surface area contributed by atoms with Gasteiger partial charge in [-0.25, -0.2) is 0 Å². The van der Waals surface area contributed by atoms with Crippen LogP contribution in [0.15, 0.2) is 36.5 Å². The third-order valence-electron chi connectivity index (χ3n) is 2.46. The first-order valence-electron chi connectivity index (χ1n) is 5.69. The lowest BCUT2D eigenvalue weighted by atomic mass is 10.2. The van der Waals surface area contributed by atoms with Crippen molar-refractivity contribution in [2.45, 2.75) is 12.8 Å². The first-order valence-corrected chi connectivity index (χ1v) is 6.89. The number of pyridine rings is 1. The fourth-order valence-electron chi connectivity index (χ4n) is 1.59. The molecule has 0 aliphatic rings. The maximum absolute atomic E-state index is 5.87. The van der Waals surface area contributed by atoms with Crippen molar-refractivity contribution < 1.29 is 0 Å². The van der Waals surface area contributed by atoms with Gasteiger partial charge in [-0.05, 0) is 37.2 Å². The molecular weight excluding hydrogens is 252 g/mol. The second kappa shape index (κ2) is 6.74. The molecular formula is C13H15ClN2S. The number of aromatic nitrogens is 1. The molecule has 2 nitrogen and oxygen atoms in total. The zero-order chi connectivity index (χ0) is 11.9. The molecule has 0 atom stereocenters. The molecule has 1 N–H and O–H groups in total. The van der Waals surface area contributed by atoms with Crippen molar-refractivity contribution in [1.82, 2.24) is 10.3 Å². The largest absolute Gasteiger partial charge is 0.316 e. The Hall–Kier alpha value is -0.900. The van der Waals surface area contributed by atoms with Gasteiger partial charge in [0.25, 0.3) is 0 Å². The summed E-state index contributed by atoms with van der Waals surface area (Å²) in [7, 11) is 0. The first-order chi connectivity index (χ1) is 8.34. The van der Waals surface area contributed by atoms with Crippen molar-refractivity contribution in [3.8, 4) is 0 Å².